The summed E-state index contributed by atoms with van der Waals surface area (Å²) in [6.45, 7) is 5.05. The van der Waals surface area contributed by atoms with Crippen LogP contribution in [0, 0.1) is 0 Å². The van der Waals surface area contributed by atoms with Crippen molar-refractivity contribution < 1.29 is 27.9 Å². The SMILES string of the molecule is Cn1nc(N2CCC(=O)NC2=O)c2ccc([C@H]3CCN(CC(=O)OC(C)(C)C)CC3(F)F)cc21. The number of carbonyl (C=O) groups excluding carboxylic acids is 3. The van der Waals surface area contributed by atoms with Gasteiger partial charge < -0.3 is 4.74 Å². The number of urea groups is 1. The van der Waals surface area contributed by atoms with E-state index in [1.54, 1.807) is 50.7 Å². The summed E-state index contributed by atoms with van der Waals surface area (Å²) in [7, 11) is 1.68. The number of carbonyl (C=O) groups is 3. The molecule has 2 aliphatic rings. The van der Waals surface area contributed by atoms with Crippen LogP contribution in [0.1, 0.15) is 45.1 Å². The van der Waals surface area contributed by atoms with Gasteiger partial charge in [0.2, 0.25) is 5.91 Å². The third-order valence-electron chi connectivity index (χ3n) is 6.02. The predicted molar refractivity (Wildman–Crippen MR) is 121 cm³/mol. The number of hydrogen-bond donors (Lipinski definition) is 1. The molecule has 1 aromatic heterocycles. The number of imide groups is 1. The molecule has 1 N–H and O–H groups in total. The van der Waals surface area contributed by atoms with Crippen LogP contribution in [0.3, 0.4) is 0 Å². The normalized spacial score (nSPS) is 21.6. The van der Waals surface area contributed by atoms with Crippen molar-refractivity contribution in [3.8, 4) is 0 Å². The lowest BCUT2D eigenvalue weighted by atomic mass is 9.85. The van der Waals surface area contributed by atoms with Crippen LogP contribution in [0.4, 0.5) is 19.4 Å². The Labute approximate surface area is 196 Å². The van der Waals surface area contributed by atoms with Gasteiger partial charge in [0.15, 0.2) is 5.82 Å². The molecule has 9 nitrogen and oxygen atoms in total. The van der Waals surface area contributed by atoms with Crippen LogP contribution in [0.15, 0.2) is 18.2 Å². The van der Waals surface area contributed by atoms with E-state index in [4.69, 9.17) is 4.74 Å². The van der Waals surface area contributed by atoms with Gasteiger partial charge in [0.05, 0.1) is 24.5 Å². The summed E-state index contributed by atoms with van der Waals surface area (Å²) in [6.07, 6.45) is 0.346. The lowest BCUT2D eigenvalue weighted by molar-refractivity contribution is -0.159. The van der Waals surface area contributed by atoms with Crippen LogP contribution in [0.5, 0.6) is 0 Å². The van der Waals surface area contributed by atoms with Gasteiger partial charge in [0, 0.05) is 25.4 Å². The Hall–Kier alpha value is -3.08. The first kappa shape index (κ1) is 24.1. The molecule has 3 heterocycles. The minimum Gasteiger partial charge on any atom is -0.459 e. The van der Waals surface area contributed by atoms with Gasteiger partial charge in [-0.1, -0.05) is 6.07 Å². The summed E-state index contributed by atoms with van der Waals surface area (Å²) in [5.74, 6) is -4.53. The molecule has 3 amide bonds. The van der Waals surface area contributed by atoms with Gasteiger partial charge >= 0.3 is 12.0 Å². The fraction of sp³-hybridized carbons (Fsp3) is 0.565. The smallest absolute Gasteiger partial charge is 0.329 e. The number of nitrogens with one attached hydrogen (secondary N) is 1. The summed E-state index contributed by atoms with van der Waals surface area (Å²) in [4.78, 5) is 38.6. The Bertz CT molecular complexity index is 1140. The largest absolute Gasteiger partial charge is 0.459 e. The number of amides is 3. The summed E-state index contributed by atoms with van der Waals surface area (Å²) in [5.41, 5.74) is 0.422. The molecular weight excluding hydrogens is 448 g/mol. The molecule has 0 bridgehead atoms. The zero-order valence-electron chi connectivity index (χ0n) is 19.7. The highest BCUT2D eigenvalue weighted by atomic mass is 19.3. The number of piperidine rings is 1. The predicted octanol–water partition coefficient (Wildman–Crippen LogP) is 2.79. The van der Waals surface area contributed by atoms with E-state index in [0.29, 0.717) is 28.8 Å². The highest BCUT2D eigenvalue weighted by molar-refractivity contribution is 6.08. The third kappa shape index (κ3) is 4.89. The van der Waals surface area contributed by atoms with Crippen LogP contribution in [-0.2, 0) is 21.4 Å². The van der Waals surface area contributed by atoms with Gasteiger partial charge in [-0.3, -0.25) is 29.4 Å². The Balaban J connectivity index is 1.53. The Morgan fingerprint density at radius 2 is 2.00 bits per heavy atom. The van der Waals surface area contributed by atoms with Gasteiger partial charge in [-0.25, -0.2) is 13.6 Å². The lowest BCUT2D eigenvalue weighted by Crippen LogP contribution is -2.49. The molecule has 1 atom stereocenters. The fourth-order valence-electron chi connectivity index (χ4n) is 4.55. The van der Waals surface area contributed by atoms with Gasteiger partial charge in [0.25, 0.3) is 5.92 Å². The maximum atomic E-state index is 15.2. The second-order valence-electron chi connectivity index (χ2n) is 9.88. The number of aryl methyl sites for hydroxylation is 1. The average molecular weight is 478 g/mol. The third-order valence-corrected chi connectivity index (χ3v) is 6.02. The minimum absolute atomic E-state index is 0.163. The van der Waals surface area contributed by atoms with Crippen molar-refractivity contribution in [1.82, 2.24) is 20.0 Å². The van der Waals surface area contributed by atoms with Crippen molar-refractivity contribution in [2.24, 2.45) is 7.05 Å². The summed E-state index contributed by atoms with van der Waals surface area (Å²) >= 11 is 0. The first-order valence-corrected chi connectivity index (χ1v) is 11.2. The lowest BCUT2D eigenvalue weighted by Gasteiger charge is -2.38. The number of halogens is 2. The second-order valence-corrected chi connectivity index (χ2v) is 9.88. The van der Waals surface area contributed by atoms with E-state index in [2.05, 4.69) is 10.4 Å². The number of nitrogens with zero attached hydrogens (tertiary/aromatic N) is 4. The number of likely N-dealkylation sites (tertiary alicyclic amines) is 1. The minimum atomic E-state index is -3.04. The molecule has 2 aromatic rings. The molecule has 2 aliphatic heterocycles. The molecule has 0 aliphatic carbocycles. The first-order valence-electron chi connectivity index (χ1n) is 11.2. The number of aromatic nitrogens is 2. The quantitative estimate of drug-likeness (QED) is 0.681. The van der Waals surface area contributed by atoms with Crippen molar-refractivity contribution in [3.63, 3.8) is 0 Å². The molecule has 1 aromatic carbocycles. The van der Waals surface area contributed by atoms with E-state index < -0.39 is 36.0 Å². The van der Waals surface area contributed by atoms with Crippen molar-refractivity contribution in [3.05, 3.63) is 23.8 Å². The Morgan fingerprint density at radius 3 is 2.65 bits per heavy atom. The molecule has 0 unspecified atom stereocenters. The van der Waals surface area contributed by atoms with E-state index >= 15 is 8.78 Å². The van der Waals surface area contributed by atoms with Crippen LogP contribution in [-0.4, -0.2) is 70.3 Å². The number of benzene rings is 1. The molecule has 2 fully saturated rings. The summed E-state index contributed by atoms with van der Waals surface area (Å²) in [6, 6.07) is 4.47. The van der Waals surface area contributed by atoms with Gasteiger partial charge in [0.1, 0.15) is 5.60 Å². The van der Waals surface area contributed by atoms with E-state index in [-0.39, 0.29) is 31.8 Å². The maximum absolute atomic E-state index is 15.2. The number of fused-ring (bicyclic) bond motifs is 1. The summed E-state index contributed by atoms with van der Waals surface area (Å²) in [5, 5.41) is 7.32. The number of hydrogen-bond acceptors (Lipinski definition) is 6. The number of ether oxygens (including phenoxy) is 1. The highest BCUT2D eigenvalue weighted by Crippen LogP contribution is 2.41. The molecule has 34 heavy (non-hydrogen) atoms. The molecule has 0 spiro atoms. The Kier molecular flexibility index (Phi) is 6.09. The van der Waals surface area contributed by atoms with Crippen molar-refractivity contribution in [1.29, 1.82) is 0 Å². The van der Waals surface area contributed by atoms with E-state index in [1.165, 1.54) is 9.80 Å². The number of alkyl halides is 2. The maximum Gasteiger partial charge on any atom is 0.329 e. The number of rotatable bonds is 4. The molecule has 0 saturated carbocycles. The zero-order chi connectivity index (χ0) is 24.8. The number of anilines is 1. The van der Waals surface area contributed by atoms with Crippen LogP contribution in [0.25, 0.3) is 10.9 Å². The molecule has 2 saturated heterocycles. The number of esters is 1. The van der Waals surface area contributed by atoms with Crippen LogP contribution >= 0.6 is 0 Å². The zero-order valence-corrected chi connectivity index (χ0v) is 19.7. The van der Waals surface area contributed by atoms with Gasteiger partial charge in [-0.15, -0.1) is 0 Å². The Morgan fingerprint density at radius 1 is 1.26 bits per heavy atom. The molecule has 4 rings (SSSR count). The second kappa shape index (κ2) is 8.61. The van der Waals surface area contributed by atoms with Crippen molar-refractivity contribution in [2.75, 3.05) is 31.1 Å². The fourth-order valence-corrected chi connectivity index (χ4v) is 4.55. The van der Waals surface area contributed by atoms with E-state index in [1.807, 2.05) is 0 Å². The monoisotopic (exact) mass is 477 g/mol. The molecule has 11 heteroatoms. The molecule has 0 radical (unpaired) electrons. The molecule has 184 valence electrons. The molecular formula is C23H29F2N5O4. The highest BCUT2D eigenvalue weighted by Gasteiger charge is 2.46. The van der Waals surface area contributed by atoms with Gasteiger partial charge in [-0.2, -0.15) is 5.10 Å². The topological polar surface area (TPSA) is 96.8 Å². The van der Waals surface area contributed by atoms with Gasteiger partial charge in [-0.05, 0) is 51.4 Å². The van der Waals surface area contributed by atoms with Crippen molar-refractivity contribution in [2.45, 2.75) is 51.1 Å². The van der Waals surface area contributed by atoms with Crippen LogP contribution < -0.4 is 10.2 Å². The van der Waals surface area contributed by atoms with E-state index in [9.17, 15) is 14.4 Å². The standard InChI is InChI=1S/C23H29F2N5O4/c1-22(2,3)34-19(32)12-29-9-7-16(23(24,25)13-29)14-5-6-15-17(11-14)28(4)27-20(15)30-10-8-18(31)26-21(30)33/h5-6,11,16H,7-10,12-13H2,1-4H3,(H,26,31,33)/t16-/m1/s1. The van der Waals surface area contributed by atoms with Crippen LogP contribution in [0.2, 0.25) is 0 Å². The average Bonchev–Trinajstić information content (AvgIpc) is 3.01. The van der Waals surface area contributed by atoms with E-state index in [0.717, 1.165) is 0 Å². The summed E-state index contributed by atoms with van der Waals surface area (Å²) < 4.78 is 37.1. The first-order chi connectivity index (χ1) is 15.8. The van der Waals surface area contributed by atoms with Crippen molar-refractivity contribution >= 4 is 34.6 Å².